The van der Waals surface area contributed by atoms with E-state index in [9.17, 15) is 5.26 Å². The van der Waals surface area contributed by atoms with E-state index in [1.54, 1.807) is 24.3 Å². The maximum atomic E-state index is 9.18. The van der Waals surface area contributed by atoms with Gasteiger partial charge in [-0.25, -0.2) is 0 Å². The Morgan fingerprint density at radius 1 is 1.11 bits per heavy atom. The van der Waals surface area contributed by atoms with Gasteiger partial charge in [0.1, 0.15) is 6.07 Å². The molecule has 2 nitrogen and oxygen atoms in total. The quantitative estimate of drug-likeness (QED) is 0.909. The van der Waals surface area contributed by atoms with Crippen LogP contribution in [-0.2, 0) is 6.54 Å². The zero-order valence-corrected chi connectivity index (χ0v) is 12.2. The predicted molar refractivity (Wildman–Crippen MR) is 79.6 cm³/mol. The molecule has 0 amide bonds. The highest BCUT2D eigenvalue weighted by Gasteiger charge is 2.08. The van der Waals surface area contributed by atoms with E-state index >= 15 is 0 Å². The third-order valence-electron chi connectivity index (χ3n) is 2.51. The summed E-state index contributed by atoms with van der Waals surface area (Å²) in [5, 5.41) is 10.4. The normalized spacial score (nSPS) is 10.2. The van der Waals surface area contributed by atoms with Crippen molar-refractivity contribution in [1.82, 2.24) is 0 Å². The average Bonchev–Trinajstić information content (AvgIpc) is 2.43. The lowest BCUT2D eigenvalue weighted by Gasteiger charge is -2.07. The van der Waals surface area contributed by atoms with E-state index in [1.807, 2.05) is 12.1 Å². The maximum Gasteiger partial charge on any atom is 0.100 e. The SMILES string of the molecule is N#Cc1cc(CN)ccc1Sc1cc(Cl)ccc1Cl. The fraction of sp³-hybridized carbons (Fsp3) is 0.0714. The van der Waals surface area contributed by atoms with Crippen LogP contribution in [0.1, 0.15) is 11.1 Å². The number of halogens is 2. The summed E-state index contributed by atoms with van der Waals surface area (Å²) in [6, 6.07) is 13.0. The molecule has 0 heterocycles. The van der Waals surface area contributed by atoms with Crippen LogP contribution in [0.15, 0.2) is 46.2 Å². The number of nitrogens with zero attached hydrogens (tertiary/aromatic N) is 1. The van der Waals surface area contributed by atoms with E-state index in [-0.39, 0.29) is 0 Å². The smallest absolute Gasteiger partial charge is 0.100 e. The Labute approximate surface area is 126 Å². The largest absolute Gasteiger partial charge is 0.326 e. The summed E-state index contributed by atoms with van der Waals surface area (Å²) in [7, 11) is 0. The van der Waals surface area contributed by atoms with Gasteiger partial charge in [-0.2, -0.15) is 5.26 Å². The highest BCUT2D eigenvalue weighted by molar-refractivity contribution is 7.99. The van der Waals surface area contributed by atoms with Crippen molar-refractivity contribution in [1.29, 1.82) is 5.26 Å². The van der Waals surface area contributed by atoms with Gasteiger partial charge in [0.2, 0.25) is 0 Å². The molecule has 0 spiro atoms. The maximum absolute atomic E-state index is 9.18. The van der Waals surface area contributed by atoms with Gasteiger partial charge in [0.25, 0.3) is 0 Å². The molecule has 2 aromatic rings. The summed E-state index contributed by atoms with van der Waals surface area (Å²) in [4.78, 5) is 1.66. The third-order valence-corrected chi connectivity index (χ3v) is 4.32. The summed E-state index contributed by atoms with van der Waals surface area (Å²) in [5.74, 6) is 0. The van der Waals surface area contributed by atoms with Crippen LogP contribution in [0, 0.1) is 11.3 Å². The predicted octanol–water partition coefficient (Wildman–Crippen LogP) is 4.47. The molecule has 19 heavy (non-hydrogen) atoms. The summed E-state index contributed by atoms with van der Waals surface area (Å²) >= 11 is 13.5. The molecule has 0 atom stereocenters. The first-order valence-corrected chi connectivity index (χ1v) is 7.07. The Morgan fingerprint density at radius 3 is 2.58 bits per heavy atom. The van der Waals surface area contributed by atoms with Gasteiger partial charge in [-0.15, -0.1) is 0 Å². The fourth-order valence-corrected chi connectivity index (χ4v) is 2.96. The molecule has 0 radical (unpaired) electrons. The highest BCUT2D eigenvalue weighted by atomic mass is 35.5. The second-order valence-corrected chi connectivity index (χ2v) is 5.75. The van der Waals surface area contributed by atoms with Crippen molar-refractivity contribution in [3.63, 3.8) is 0 Å². The molecule has 5 heteroatoms. The summed E-state index contributed by atoms with van der Waals surface area (Å²) in [6.07, 6.45) is 0. The minimum absolute atomic E-state index is 0.414. The first-order valence-electron chi connectivity index (χ1n) is 5.50. The molecule has 0 fully saturated rings. The van der Waals surface area contributed by atoms with Gasteiger partial charge >= 0.3 is 0 Å². The van der Waals surface area contributed by atoms with E-state index in [0.717, 1.165) is 15.4 Å². The van der Waals surface area contributed by atoms with Crippen LogP contribution in [0.5, 0.6) is 0 Å². The van der Waals surface area contributed by atoms with E-state index in [4.69, 9.17) is 28.9 Å². The molecule has 2 aromatic carbocycles. The van der Waals surface area contributed by atoms with Crippen molar-refractivity contribution in [3.8, 4) is 6.07 Å². The highest BCUT2D eigenvalue weighted by Crippen LogP contribution is 2.36. The zero-order valence-electron chi connectivity index (χ0n) is 9.86. The Hall–Kier alpha value is -1.18. The van der Waals surface area contributed by atoms with Crippen LogP contribution in [0.4, 0.5) is 0 Å². The fourth-order valence-electron chi connectivity index (χ4n) is 1.55. The summed E-state index contributed by atoms with van der Waals surface area (Å²) < 4.78 is 0. The molecule has 0 bridgehead atoms. The Morgan fingerprint density at radius 2 is 1.89 bits per heavy atom. The number of hydrogen-bond acceptors (Lipinski definition) is 3. The molecule has 0 aliphatic rings. The Balaban J connectivity index is 2.38. The standard InChI is InChI=1S/C14H10Cl2N2S/c15-11-2-3-12(16)14(6-11)19-13-4-1-9(7-17)5-10(13)8-18/h1-6H,7,17H2. The molecular formula is C14H10Cl2N2S. The molecular weight excluding hydrogens is 299 g/mol. The summed E-state index contributed by atoms with van der Waals surface area (Å²) in [6.45, 7) is 0.414. The van der Waals surface area contributed by atoms with Crippen LogP contribution in [0.25, 0.3) is 0 Å². The zero-order chi connectivity index (χ0) is 13.8. The molecule has 0 aliphatic heterocycles. The first-order chi connectivity index (χ1) is 9.13. The van der Waals surface area contributed by atoms with Gasteiger partial charge in [-0.1, -0.05) is 41.0 Å². The van der Waals surface area contributed by atoms with Gasteiger partial charge in [0.05, 0.1) is 10.6 Å². The topological polar surface area (TPSA) is 49.8 Å². The lowest BCUT2D eigenvalue weighted by molar-refractivity contribution is 1.06. The number of benzene rings is 2. The molecule has 0 unspecified atom stereocenters. The molecule has 0 aromatic heterocycles. The van der Waals surface area contributed by atoms with Gasteiger partial charge in [-0.05, 0) is 35.9 Å². The minimum Gasteiger partial charge on any atom is -0.326 e. The number of nitriles is 1. The molecule has 0 saturated carbocycles. The van der Waals surface area contributed by atoms with E-state index in [1.165, 1.54) is 11.8 Å². The van der Waals surface area contributed by atoms with E-state index < -0.39 is 0 Å². The lowest BCUT2D eigenvalue weighted by atomic mass is 10.1. The van der Waals surface area contributed by atoms with Crippen LogP contribution < -0.4 is 5.73 Å². The number of nitrogens with two attached hydrogens (primary N) is 1. The van der Waals surface area contributed by atoms with E-state index in [2.05, 4.69) is 6.07 Å². The second kappa shape index (κ2) is 6.31. The van der Waals surface area contributed by atoms with Gasteiger partial charge in [0.15, 0.2) is 0 Å². The van der Waals surface area contributed by atoms with Crippen molar-refractivity contribution >= 4 is 35.0 Å². The molecule has 2 rings (SSSR count). The summed E-state index contributed by atoms with van der Waals surface area (Å²) in [5.41, 5.74) is 7.08. The first kappa shape index (κ1) is 14.2. The van der Waals surface area contributed by atoms with Crippen molar-refractivity contribution in [2.75, 3.05) is 0 Å². The van der Waals surface area contributed by atoms with Gasteiger partial charge in [0, 0.05) is 21.4 Å². The van der Waals surface area contributed by atoms with Crippen LogP contribution >= 0.6 is 35.0 Å². The molecule has 0 saturated heterocycles. The molecule has 0 aliphatic carbocycles. The average molecular weight is 309 g/mol. The van der Waals surface area contributed by atoms with E-state index in [0.29, 0.717) is 22.2 Å². The minimum atomic E-state index is 0.414. The van der Waals surface area contributed by atoms with Crippen molar-refractivity contribution in [3.05, 3.63) is 57.6 Å². The van der Waals surface area contributed by atoms with Crippen molar-refractivity contribution in [2.24, 2.45) is 5.73 Å². The Bertz CT molecular complexity index is 650. The van der Waals surface area contributed by atoms with Gasteiger partial charge in [-0.3, -0.25) is 0 Å². The second-order valence-electron chi connectivity index (χ2n) is 3.82. The van der Waals surface area contributed by atoms with Crippen molar-refractivity contribution in [2.45, 2.75) is 16.3 Å². The van der Waals surface area contributed by atoms with Crippen LogP contribution in [-0.4, -0.2) is 0 Å². The number of hydrogen-bond donors (Lipinski definition) is 1. The van der Waals surface area contributed by atoms with Crippen molar-refractivity contribution < 1.29 is 0 Å². The van der Waals surface area contributed by atoms with Crippen LogP contribution in [0.2, 0.25) is 10.0 Å². The molecule has 2 N–H and O–H groups in total. The monoisotopic (exact) mass is 308 g/mol. The Kier molecular flexibility index (Phi) is 4.73. The third kappa shape index (κ3) is 3.43. The van der Waals surface area contributed by atoms with Gasteiger partial charge < -0.3 is 5.73 Å². The molecule has 96 valence electrons. The lowest BCUT2D eigenvalue weighted by Crippen LogP contribution is -1.97. The van der Waals surface area contributed by atoms with Crippen LogP contribution in [0.3, 0.4) is 0 Å². The number of rotatable bonds is 3.